The Morgan fingerprint density at radius 1 is 1.38 bits per heavy atom. The summed E-state index contributed by atoms with van der Waals surface area (Å²) in [4.78, 5) is 10.6. The summed E-state index contributed by atoms with van der Waals surface area (Å²) in [5, 5.41) is 9.89. The predicted molar refractivity (Wildman–Crippen MR) is 61.9 cm³/mol. The van der Waals surface area contributed by atoms with Crippen molar-refractivity contribution in [2.45, 2.75) is 26.4 Å². The molecule has 0 heterocycles. The molecule has 88 valence electrons. The first-order valence-corrected chi connectivity index (χ1v) is 5.45. The number of carbonyl (C=O) groups excluding carboxylic acids is 1. The van der Waals surface area contributed by atoms with Gasteiger partial charge in [-0.1, -0.05) is 37.3 Å². The van der Waals surface area contributed by atoms with E-state index in [2.05, 4.69) is 0 Å². The minimum atomic E-state index is -0.484. The second-order valence-corrected chi connectivity index (χ2v) is 4.04. The Kier molecular flexibility index (Phi) is 4.99. The van der Waals surface area contributed by atoms with Crippen molar-refractivity contribution >= 4 is 5.97 Å². The van der Waals surface area contributed by atoms with Crippen LogP contribution >= 0.6 is 0 Å². The van der Waals surface area contributed by atoms with E-state index in [1.165, 1.54) is 6.92 Å². The van der Waals surface area contributed by atoms with Gasteiger partial charge in [-0.3, -0.25) is 4.79 Å². The fourth-order valence-electron chi connectivity index (χ4n) is 1.42. The molecule has 0 radical (unpaired) electrons. The average molecular weight is 222 g/mol. The Labute approximate surface area is 96.1 Å². The zero-order valence-corrected chi connectivity index (χ0v) is 9.72. The van der Waals surface area contributed by atoms with Gasteiger partial charge in [0.05, 0.1) is 12.7 Å². The van der Waals surface area contributed by atoms with Crippen LogP contribution in [0.5, 0.6) is 0 Å². The first-order valence-electron chi connectivity index (χ1n) is 5.45. The molecule has 3 heteroatoms. The lowest BCUT2D eigenvalue weighted by atomic mass is 9.98. The van der Waals surface area contributed by atoms with Crippen LogP contribution in [0.3, 0.4) is 0 Å². The molecule has 0 aliphatic heterocycles. The molecular formula is C13H18O3. The van der Waals surface area contributed by atoms with E-state index >= 15 is 0 Å². The quantitative estimate of drug-likeness (QED) is 0.773. The van der Waals surface area contributed by atoms with Crippen LogP contribution in [-0.2, 0) is 16.0 Å². The van der Waals surface area contributed by atoms with Gasteiger partial charge in [-0.05, 0) is 12.0 Å². The number of hydrogen-bond acceptors (Lipinski definition) is 3. The van der Waals surface area contributed by atoms with E-state index < -0.39 is 6.10 Å². The molecule has 0 saturated carbocycles. The monoisotopic (exact) mass is 222 g/mol. The number of aliphatic hydroxyl groups is 1. The second kappa shape index (κ2) is 6.28. The van der Waals surface area contributed by atoms with Crippen molar-refractivity contribution in [3.8, 4) is 0 Å². The number of rotatable bonds is 5. The van der Waals surface area contributed by atoms with E-state index in [9.17, 15) is 9.90 Å². The van der Waals surface area contributed by atoms with E-state index in [4.69, 9.17) is 4.74 Å². The van der Waals surface area contributed by atoms with Crippen molar-refractivity contribution < 1.29 is 14.6 Å². The van der Waals surface area contributed by atoms with Gasteiger partial charge in [0.2, 0.25) is 0 Å². The van der Waals surface area contributed by atoms with Crippen molar-refractivity contribution in [3.63, 3.8) is 0 Å². The van der Waals surface area contributed by atoms with Crippen LogP contribution in [0.25, 0.3) is 0 Å². The van der Waals surface area contributed by atoms with Crippen molar-refractivity contribution in [2.75, 3.05) is 6.61 Å². The van der Waals surface area contributed by atoms with Crippen molar-refractivity contribution in [1.29, 1.82) is 0 Å². The van der Waals surface area contributed by atoms with Crippen LogP contribution in [-0.4, -0.2) is 23.8 Å². The summed E-state index contributed by atoms with van der Waals surface area (Å²) in [6.45, 7) is 3.51. The zero-order valence-electron chi connectivity index (χ0n) is 9.72. The smallest absolute Gasteiger partial charge is 0.302 e. The Morgan fingerprint density at radius 2 is 2.00 bits per heavy atom. The van der Waals surface area contributed by atoms with Gasteiger partial charge in [-0.15, -0.1) is 0 Å². The lowest BCUT2D eigenvalue weighted by molar-refractivity contribution is -0.143. The van der Waals surface area contributed by atoms with E-state index in [1.807, 2.05) is 37.3 Å². The molecule has 0 aliphatic rings. The van der Waals surface area contributed by atoms with Crippen LogP contribution < -0.4 is 0 Å². The summed E-state index contributed by atoms with van der Waals surface area (Å²) in [6, 6.07) is 9.78. The Morgan fingerprint density at radius 3 is 2.56 bits per heavy atom. The number of esters is 1. The van der Waals surface area contributed by atoms with Gasteiger partial charge < -0.3 is 9.84 Å². The topological polar surface area (TPSA) is 46.5 Å². The molecule has 0 saturated heterocycles. The summed E-state index contributed by atoms with van der Waals surface area (Å²) < 4.78 is 4.86. The number of carbonyl (C=O) groups is 1. The van der Waals surface area contributed by atoms with Gasteiger partial charge in [0.15, 0.2) is 0 Å². The predicted octanol–water partition coefficient (Wildman–Crippen LogP) is 1.79. The Balaban J connectivity index is 2.39. The summed E-state index contributed by atoms with van der Waals surface area (Å²) >= 11 is 0. The molecule has 0 bridgehead atoms. The first-order chi connectivity index (χ1) is 7.59. The van der Waals surface area contributed by atoms with Crippen LogP contribution in [0.2, 0.25) is 0 Å². The lowest BCUT2D eigenvalue weighted by Crippen LogP contribution is -2.25. The van der Waals surface area contributed by atoms with Crippen LogP contribution in [0.15, 0.2) is 30.3 Å². The first kappa shape index (κ1) is 12.7. The molecular weight excluding hydrogens is 204 g/mol. The molecule has 1 aromatic carbocycles. The molecule has 0 aliphatic carbocycles. The third-order valence-corrected chi connectivity index (χ3v) is 2.49. The minimum absolute atomic E-state index is 0.0518. The number of benzene rings is 1. The lowest BCUT2D eigenvalue weighted by Gasteiger charge is -2.18. The molecule has 16 heavy (non-hydrogen) atoms. The van der Waals surface area contributed by atoms with Gasteiger partial charge >= 0.3 is 5.97 Å². The zero-order chi connectivity index (χ0) is 12.0. The standard InChI is InChI=1S/C13H18O3/c1-10(9-16-11(2)14)13(15)8-12-6-4-3-5-7-12/h3-7,10,13,15H,8-9H2,1-2H3/t10-,13+/m0/s1. The number of hydrogen-bond donors (Lipinski definition) is 1. The maximum atomic E-state index is 10.6. The molecule has 0 amide bonds. The number of ether oxygens (including phenoxy) is 1. The van der Waals surface area contributed by atoms with E-state index in [1.54, 1.807) is 0 Å². The molecule has 3 nitrogen and oxygen atoms in total. The summed E-state index contributed by atoms with van der Waals surface area (Å²) in [5.74, 6) is -0.358. The van der Waals surface area contributed by atoms with Crippen molar-refractivity contribution in [2.24, 2.45) is 5.92 Å². The van der Waals surface area contributed by atoms with Crippen molar-refractivity contribution in [3.05, 3.63) is 35.9 Å². The van der Waals surface area contributed by atoms with E-state index in [-0.39, 0.29) is 18.5 Å². The van der Waals surface area contributed by atoms with Crippen LogP contribution in [0.1, 0.15) is 19.4 Å². The van der Waals surface area contributed by atoms with Crippen LogP contribution in [0.4, 0.5) is 0 Å². The highest BCUT2D eigenvalue weighted by molar-refractivity contribution is 5.65. The highest BCUT2D eigenvalue weighted by atomic mass is 16.5. The fraction of sp³-hybridized carbons (Fsp3) is 0.462. The third-order valence-electron chi connectivity index (χ3n) is 2.49. The molecule has 2 atom stereocenters. The maximum absolute atomic E-state index is 10.6. The Bertz CT molecular complexity index is 321. The highest BCUT2D eigenvalue weighted by Gasteiger charge is 2.15. The third kappa shape index (κ3) is 4.45. The van der Waals surface area contributed by atoms with Gasteiger partial charge in [0, 0.05) is 12.8 Å². The average Bonchev–Trinajstić information content (AvgIpc) is 2.27. The maximum Gasteiger partial charge on any atom is 0.302 e. The van der Waals surface area contributed by atoms with Gasteiger partial charge in [-0.2, -0.15) is 0 Å². The molecule has 0 aromatic heterocycles. The molecule has 1 rings (SSSR count). The van der Waals surface area contributed by atoms with Gasteiger partial charge in [0.25, 0.3) is 0 Å². The second-order valence-electron chi connectivity index (χ2n) is 4.04. The summed E-state index contributed by atoms with van der Waals surface area (Å²) in [6.07, 6.45) is 0.102. The minimum Gasteiger partial charge on any atom is -0.465 e. The normalized spacial score (nSPS) is 14.2. The number of aliphatic hydroxyl groups excluding tert-OH is 1. The van der Waals surface area contributed by atoms with Crippen molar-refractivity contribution in [1.82, 2.24) is 0 Å². The molecule has 1 aromatic rings. The van der Waals surface area contributed by atoms with E-state index in [0.717, 1.165) is 5.56 Å². The summed E-state index contributed by atoms with van der Waals surface area (Å²) in [7, 11) is 0. The molecule has 0 unspecified atom stereocenters. The Hall–Kier alpha value is -1.35. The molecule has 0 spiro atoms. The van der Waals surface area contributed by atoms with Crippen LogP contribution in [0, 0.1) is 5.92 Å². The van der Waals surface area contributed by atoms with Gasteiger partial charge in [0.1, 0.15) is 0 Å². The largest absolute Gasteiger partial charge is 0.465 e. The molecule has 0 fully saturated rings. The SMILES string of the molecule is CC(=O)OC[C@H](C)[C@H](O)Cc1ccccc1. The van der Waals surface area contributed by atoms with E-state index in [0.29, 0.717) is 6.42 Å². The highest BCUT2D eigenvalue weighted by Crippen LogP contribution is 2.11. The van der Waals surface area contributed by atoms with Gasteiger partial charge in [-0.25, -0.2) is 0 Å². The fourth-order valence-corrected chi connectivity index (χ4v) is 1.42. The molecule has 1 N–H and O–H groups in total. The summed E-state index contributed by atoms with van der Waals surface area (Å²) in [5.41, 5.74) is 1.09.